The van der Waals surface area contributed by atoms with Gasteiger partial charge >= 0.3 is 0 Å². The Kier molecular flexibility index (Phi) is 6.21. The third-order valence-corrected chi connectivity index (χ3v) is 4.52. The van der Waals surface area contributed by atoms with Crippen LogP contribution in [-0.4, -0.2) is 40.3 Å². The average Bonchev–Trinajstić information content (AvgIpc) is 3.26. The summed E-state index contributed by atoms with van der Waals surface area (Å²) < 4.78 is 12.2. The lowest BCUT2D eigenvalue weighted by Gasteiger charge is -2.22. The Morgan fingerprint density at radius 3 is 2.57 bits per heavy atom. The van der Waals surface area contributed by atoms with E-state index in [0.717, 1.165) is 11.1 Å². The van der Waals surface area contributed by atoms with E-state index in [0.29, 0.717) is 17.9 Å². The largest absolute Gasteiger partial charge is 0.497 e. The summed E-state index contributed by atoms with van der Waals surface area (Å²) in [6.45, 7) is 1.90. The van der Waals surface area contributed by atoms with Crippen molar-refractivity contribution in [2.75, 3.05) is 14.2 Å². The van der Waals surface area contributed by atoms with Gasteiger partial charge in [-0.05, 0) is 35.0 Å². The van der Waals surface area contributed by atoms with Gasteiger partial charge in [0.1, 0.15) is 23.9 Å². The quantitative estimate of drug-likeness (QED) is 0.644. The van der Waals surface area contributed by atoms with E-state index in [1.165, 1.54) is 11.0 Å². The molecule has 0 fully saturated rings. The average molecular weight is 381 g/mol. The smallest absolute Gasteiger partial charge is 0.245 e. The summed E-state index contributed by atoms with van der Waals surface area (Å²) in [5.41, 5.74) is 1.87. The Hall–Kier alpha value is -3.42. The molecule has 3 rings (SSSR count). The van der Waals surface area contributed by atoms with Gasteiger partial charge in [-0.3, -0.25) is 4.79 Å². The number of nitrogens with one attached hydrogen (secondary N) is 1. The third-order valence-electron chi connectivity index (χ3n) is 4.52. The lowest BCUT2D eigenvalue weighted by atomic mass is 10.0. The van der Waals surface area contributed by atoms with Gasteiger partial charge in [0.25, 0.3) is 0 Å². The number of amides is 1. The first-order valence-corrected chi connectivity index (χ1v) is 8.91. The summed E-state index contributed by atoms with van der Waals surface area (Å²) in [7, 11) is 3.19. The van der Waals surface area contributed by atoms with Gasteiger partial charge in [-0.1, -0.05) is 30.3 Å². The molecular formula is C20H23N5O3. The Balaban J connectivity index is 1.80. The van der Waals surface area contributed by atoms with Gasteiger partial charge in [0.2, 0.25) is 5.91 Å². The van der Waals surface area contributed by atoms with Crippen LogP contribution >= 0.6 is 0 Å². The van der Waals surface area contributed by atoms with Crippen LogP contribution < -0.4 is 14.8 Å². The molecule has 3 aromatic rings. The summed E-state index contributed by atoms with van der Waals surface area (Å²) in [5, 5.41) is 14.3. The van der Waals surface area contributed by atoms with E-state index in [1.54, 1.807) is 20.3 Å². The number of carbonyl (C=O) groups excluding carboxylic acids is 1. The number of benzene rings is 2. The third kappa shape index (κ3) is 4.46. The van der Waals surface area contributed by atoms with Gasteiger partial charge in [-0.25, -0.2) is 4.68 Å². The zero-order valence-electron chi connectivity index (χ0n) is 16.1. The zero-order valence-corrected chi connectivity index (χ0v) is 16.1. The number of tetrazole rings is 1. The molecule has 8 nitrogen and oxygen atoms in total. The number of rotatable bonds is 8. The molecule has 1 heterocycles. The van der Waals surface area contributed by atoms with E-state index in [9.17, 15) is 4.79 Å². The molecular weight excluding hydrogens is 358 g/mol. The second kappa shape index (κ2) is 8.98. The van der Waals surface area contributed by atoms with E-state index in [4.69, 9.17) is 9.47 Å². The summed E-state index contributed by atoms with van der Waals surface area (Å²) in [6, 6.07) is 14.4. The maximum atomic E-state index is 13.1. The van der Waals surface area contributed by atoms with E-state index < -0.39 is 6.04 Å². The molecule has 1 N–H and O–H groups in total. The number of methoxy groups -OCH3 is 2. The molecule has 1 aromatic heterocycles. The maximum Gasteiger partial charge on any atom is 0.245 e. The minimum Gasteiger partial charge on any atom is -0.497 e. The molecule has 0 aliphatic carbocycles. The predicted octanol–water partition coefficient (Wildman–Crippen LogP) is 2.35. The van der Waals surface area contributed by atoms with Gasteiger partial charge in [-0.15, -0.1) is 5.10 Å². The van der Waals surface area contributed by atoms with E-state index in [-0.39, 0.29) is 11.9 Å². The second-order valence-electron chi connectivity index (χ2n) is 6.33. The number of carbonyl (C=O) groups is 1. The molecule has 2 atom stereocenters. The van der Waals surface area contributed by atoms with Crippen LogP contribution in [0.25, 0.3) is 0 Å². The van der Waals surface area contributed by atoms with Crippen LogP contribution in [-0.2, 0) is 11.2 Å². The zero-order chi connectivity index (χ0) is 19.9. The first-order valence-electron chi connectivity index (χ1n) is 8.91. The van der Waals surface area contributed by atoms with Crippen molar-refractivity contribution >= 4 is 5.91 Å². The van der Waals surface area contributed by atoms with E-state index in [1.807, 2.05) is 49.4 Å². The molecule has 1 amide bonds. The van der Waals surface area contributed by atoms with Gasteiger partial charge < -0.3 is 14.8 Å². The number of hydrogen-bond donors (Lipinski definition) is 1. The number of hydrogen-bond acceptors (Lipinski definition) is 6. The molecule has 0 saturated carbocycles. The first-order chi connectivity index (χ1) is 13.6. The maximum absolute atomic E-state index is 13.1. The van der Waals surface area contributed by atoms with Crippen molar-refractivity contribution in [2.45, 2.75) is 25.4 Å². The van der Waals surface area contributed by atoms with Crippen molar-refractivity contribution in [1.29, 1.82) is 0 Å². The van der Waals surface area contributed by atoms with Crippen LogP contribution in [0.1, 0.15) is 30.1 Å². The molecule has 28 heavy (non-hydrogen) atoms. The monoisotopic (exact) mass is 381 g/mol. The van der Waals surface area contributed by atoms with Crippen molar-refractivity contribution in [3.05, 3.63) is 66.0 Å². The van der Waals surface area contributed by atoms with Gasteiger partial charge in [-0.2, -0.15) is 0 Å². The van der Waals surface area contributed by atoms with Gasteiger partial charge in [0.05, 0.1) is 20.3 Å². The molecule has 0 bridgehead atoms. The fourth-order valence-electron chi connectivity index (χ4n) is 3.02. The van der Waals surface area contributed by atoms with E-state index in [2.05, 4.69) is 20.8 Å². The highest BCUT2D eigenvalue weighted by atomic mass is 16.5. The van der Waals surface area contributed by atoms with Crippen LogP contribution in [0.15, 0.2) is 54.9 Å². The lowest BCUT2D eigenvalue weighted by Crippen LogP contribution is -2.36. The fourth-order valence-corrected chi connectivity index (χ4v) is 3.02. The van der Waals surface area contributed by atoms with Crippen LogP contribution in [0.5, 0.6) is 11.5 Å². The van der Waals surface area contributed by atoms with Crippen LogP contribution in [0.4, 0.5) is 0 Å². The standard InChI is InChI=1S/C20H23N5O3/c1-14(17-10-9-16(27-2)12-19(17)28-3)22-20(26)18(25-13-21-23-24-25)11-15-7-5-4-6-8-15/h4-10,12-14,18H,11H2,1-3H3,(H,22,26). The van der Waals surface area contributed by atoms with Crippen molar-refractivity contribution in [3.8, 4) is 11.5 Å². The molecule has 0 aliphatic heterocycles. The van der Waals surface area contributed by atoms with Gasteiger partial charge in [0.15, 0.2) is 0 Å². The minimum atomic E-state index is -0.566. The highest BCUT2D eigenvalue weighted by molar-refractivity contribution is 5.81. The van der Waals surface area contributed by atoms with Crippen molar-refractivity contribution in [1.82, 2.24) is 25.5 Å². The van der Waals surface area contributed by atoms with Crippen LogP contribution in [0, 0.1) is 0 Å². The summed E-state index contributed by atoms with van der Waals surface area (Å²) in [5.74, 6) is 1.16. The number of nitrogens with zero attached hydrogens (tertiary/aromatic N) is 4. The van der Waals surface area contributed by atoms with Crippen molar-refractivity contribution < 1.29 is 14.3 Å². The molecule has 0 spiro atoms. The number of ether oxygens (including phenoxy) is 2. The molecule has 2 unspecified atom stereocenters. The molecule has 0 radical (unpaired) electrons. The first kappa shape index (κ1) is 19.3. The van der Waals surface area contributed by atoms with Crippen LogP contribution in [0.3, 0.4) is 0 Å². The van der Waals surface area contributed by atoms with Crippen molar-refractivity contribution in [2.24, 2.45) is 0 Å². The SMILES string of the molecule is COc1ccc(C(C)NC(=O)C(Cc2ccccc2)n2cnnn2)c(OC)c1. The Morgan fingerprint density at radius 2 is 1.93 bits per heavy atom. The summed E-state index contributed by atoms with van der Waals surface area (Å²) in [6.07, 6.45) is 1.93. The number of aromatic nitrogens is 4. The molecule has 8 heteroatoms. The van der Waals surface area contributed by atoms with Crippen LogP contribution in [0.2, 0.25) is 0 Å². The lowest BCUT2D eigenvalue weighted by molar-refractivity contribution is -0.125. The minimum absolute atomic E-state index is 0.179. The topological polar surface area (TPSA) is 91.2 Å². The normalized spacial score (nSPS) is 12.8. The van der Waals surface area contributed by atoms with Gasteiger partial charge in [0, 0.05) is 18.1 Å². The summed E-state index contributed by atoms with van der Waals surface area (Å²) >= 11 is 0. The molecule has 146 valence electrons. The second-order valence-corrected chi connectivity index (χ2v) is 6.33. The fraction of sp³-hybridized carbons (Fsp3) is 0.300. The summed E-state index contributed by atoms with van der Waals surface area (Å²) in [4.78, 5) is 13.1. The molecule has 0 aliphatic rings. The molecule has 2 aromatic carbocycles. The Morgan fingerprint density at radius 1 is 1.14 bits per heavy atom. The Labute approximate surface area is 163 Å². The predicted molar refractivity (Wildman–Crippen MR) is 103 cm³/mol. The highest BCUT2D eigenvalue weighted by Gasteiger charge is 2.25. The Bertz CT molecular complexity index is 899. The molecule has 0 saturated heterocycles. The highest BCUT2D eigenvalue weighted by Crippen LogP contribution is 2.29. The van der Waals surface area contributed by atoms with Crippen molar-refractivity contribution in [3.63, 3.8) is 0 Å². The van der Waals surface area contributed by atoms with E-state index >= 15 is 0 Å².